The van der Waals surface area contributed by atoms with Gasteiger partial charge in [-0.1, -0.05) is 17.7 Å². The lowest BCUT2D eigenvalue weighted by Crippen LogP contribution is -2.36. The van der Waals surface area contributed by atoms with Crippen molar-refractivity contribution in [3.8, 4) is 0 Å². The Morgan fingerprint density at radius 3 is 2.69 bits per heavy atom. The van der Waals surface area contributed by atoms with Crippen LogP contribution in [0, 0.1) is 6.92 Å². The first-order chi connectivity index (χ1) is 12.3. The van der Waals surface area contributed by atoms with Crippen LogP contribution < -0.4 is 9.62 Å². The average Bonchev–Trinajstić information content (AvgIpc) is 2.63. The molecule has 7 heteroatoms. The number of carbonyl (C=O) groups excluding carboxylic acids is 1. The molecule has 0 saturated heterocycles. The Kier molecular flexibility index (Phi) is 5.25. The van der Waals surface area contributed by atoms with E-state index < -0.39 is 10.0 Å². The third kappa shape index (κ3) is 3.71. The minimum Gasteiger partial charge on any atom is -0.322 e. The Labute approximate surface area is 159 Å². The van der Waals surface area contributed by atoms with Crippen LogP contribution in [0.15, 0.2) is 36.4 Å². The number of halogens is 1. The van der Waals surface area contributed by atoms with E-state index in [1.165, 1.54) is 4.31 Å². The van der Waals surface area contributed by atoms with Gasteiger partial charge in [0.15, 0.2) is 0 Å². The second kappa shape index (κ2) is 7.29. The summed E-state index contributed by atoms with van der Waals surface area (Å²) in [5.41, 5.74) is 3.61. The van der Waals surface area contributed by atoms with Gasteiger partial charge in [-0.2, -0.15) is 0 Å². The number of benzene rings is 2. The van der Waals surface area contributed by atoms with E-state index in [-0.39, 0.29) is 11.7 Å². The van der Waals surface area contributed by atoms with E-state index in [2.05, 4.69) is 5.32 Å². The van der Waals surface area contributed by atoms with E-state index >= 15 is 0 Å². The number of amides is 1. The van der Waals surface area contributed by atoms with E-state index in [0.717, 1.165) is 24.0 Å². The molecule has 0 radical (unpaired) electrons. The third-order valence-electron chi connectivity index (χ3n) is 4.55. The number of hydrogen-bond donors (Lipinski definition) is 1. The summed E-state index contributed by atoms with van der Waals surface area (Å²) in [4.78, 5) is 12.5. The van der Waals surface area contributed by atoms with Crippen LogP contribution in [-0.4, -0.2) is 26.6 Å². The van der Waals surface area contributed by atoms with E-state index in [1.54, 1.807) is 37.3 Å². The second-order valence-electron chi connectivity index (χ2n) is 6.34. The number of aryl methyl sites for hydroxylation is 2. The molecule has 0 aromatic heterocycles. The summed E-state index contributed by atoms with van der Waals surface area (Å²) < 4.78 is 26.0. The number of hydrogen-bond acceptors (Lipinski definition) is 3. The molecule has 0 aliphatic carbocycles. The molecule has 0 atom stereocenters. The lowest BCUT2D eigenvalue weighted by Gasteiger charge is -2.30. The zero-order valence-electron chi connectivity index (χ0n) is 14.8. The van der Waals surface area contributed by atoms with Gasteiger partial charge in [0, 0.05) is 22.8 Å². The fourth-order valence-corrected chi connectivity index (χ4v) is 4.40. The summed E-state index contributed by atoms with van der Waals surface area (Å²) in [7, 11) is -3.31. The molecule has 1 aliphatic rings. The molecule has 1 aliphatic heterocycles. The summed E-state index contributed by atoms with van der Waals surface area (Å²) in [6.45, 7) is 4.02. The molecular weight excluding hydrogens is 372 g/mol. The quantitative estimate of drug-likeness (QED) is 0.855. The number of carbonyl (C=O) groups is 1. The molecule has 2 aromatic rings. The Bertz CT molecular complexity index is 957. The van der Waals surface area contributed by atoms with Crippen molar-refractivity contribution in [2.45, 2.75) is 26.7 Å². The van der Waals surface area contributed by atoms with Crippen molar-refractivity contribution in [2.24, 2.45) is 0 Å². The van der Waals surface area contributed by atoms with Crippen molar-refractivity contribution in [1.82, 2.24) is 0 Å². The van der Waals surface area contributed by atoms with Crippen molar-refractivity contribution in [2.75, 3.05) is 21.9 Å². The molecule has 5 nitrogen and oxygen atoms in total. The van der Waals surface area contributed by atoms with Gasteiger partial charge in [0.25, 0.3) is 5.91 Å². The number of nitrogens with zero attached hydrogens (tertiary/aromatic N) is 1. The molecule has 0 spiro atoms. The van der Waals surface area contributed by atoms with Crippen LogP contribution in [0.25, 0.3) is 0 Å². The SMILES string of the molecule is CCS(=O)(=O)N1CCCc2cc(C(=O)Nc3ccc(C)c(Cl)c3)ccc21. The van der Waals surface area contributed by atoms with Crippen molar-refractivity contribution in [3.63, 3.8) is 0 Å². The minimum atomic E-state index is -3.31. The van der Waals surface area contributed by atoms with Crippen molar-refractivity contribution in [1.29, 1.82) is 0 Å². The topological polar surface area (TPSA) is 66.5 Å². The highest BCUT2D eigenvalue weighted by Crippen LogP contribution is 2.30. The maximum absolute atomic E-state index is 12.5. The Balaban J connectivity index is 1.86. The number of nitrogens with one attached hydrogen (secondary N) is 1. The molecule has 0 unspecified atom stereocenters. The predicted octanol–water partition coefficient (Wildman–Crippen LogP) is 4.00. The van der Waals surface area contributed by atoms with Crippen LogP contribution in [0.4, 0.5) is 11.4 Å². The highest BCUT2D eigenvalue weighted by molar-refractivity contribution is 7.92. The van der Waals surface area contributed by atoms with E-state index in [9.17, 15) is 13.2 Å². The van der Waals surface area contributed by atoms with E-state index in [4.69, 9.17) is 11.6 Å². The Morgan fingerprint density at radius 2 is 2.00 bits per heavy atom. The van der Waals surface area contributed by atoms with Crippen LogP contribution >= 0.6 is 11.6 Å². The van der Waals surface area contributed by atoms with E-state index in [1.807, 2.05) is 13.0 Å². The first-order valence-electron chi connectivity index (χ1n) is 8.52. The fourth-order valence-electron chi connectivity index (χ4n) is 3.02. The molecular formula is C19H21ClN2O3S. The normalized spacial score (nSPS) is 14.0. The molecule has 2 aromatic carbocycles. The third-order valence-corrected chi connectivity index (χ3v) is 6.74. The molecule has 1 N–H and O–H groups in total. The second-order valence-corrected chi connectivity index (χ2v) is 8.93. The van der Waals surface area contributed by atoms with Crippen molar-refractivity contribution < 1.29 is 13.2 Å². The molecule has 0 saturated carbocycles. The Hall–Kier alpha value is -2.05. The molecule has 1 amide bonds. The summed E-state index contributed by atoms with van der Waals surface area (Å²) in [6, 6.07) is 10.5. The van der Waals surface area contributed by atoms with Gasteiger partial charge in [0.05, 0.1) is 11.4 Å². The van der Waals surface area contributed by atoms with Gasteiger partial charge in [-0.25, -0.2) is 8.42 Å². The first-order valence-corrected chi connectivity index (χ1v) is 10.5. The average molecular weight is 393 g/mol. The number of fused-ring (bicyclic) bond motifs is 1. The zero-order chi connectivity index (χ0) is 18.9. The van der Waals surface area contributed by atoms with E-state index in [0.29, 0.717) is 28.5 Å². The lowest BCUT2D eigenvalue weighted by atomic mass is 10.0. The molecule has 3 rings (SSSR count). The summed E-state index contributed by atoms with van der Waals surface area (Å²) >= 11 is 6.10. The van der Waals surface area contributed by atoms with Crippen LogP contribution in [0.2, 0.25) is 5.02 Å². The monoisotopic (exact) mass is 392 g/mol. The first kappa shape index (κ1) is 18.7. The number of sulfonamides is 1. The number of anilines is 2. The maximum Gasteiger partial charge on any atom is 0.255 e. The van der Waals surface area contributed by atoms with Crippen LogP contribution in [0.5, 0.6) is 0 Å². The van der Waals surface area contributed by atoms with Crippen molar-refractivity contribution in [3.05, 3.63) is 58.1 Å². The zero-order valence-corrected chi connectivity index (χ0v) is 16.3. The van der Waals surface area contributed by atoms with Crippen molar-refractivity contribution >= 4 is 38.9 Å². The van der Waals surface area contributed by atoms with Gasteiger partial charge in [0.2, 0.25) is 10.0 Å². The molecule has 138 valence electrons. The maximum atomic E-state index is 12.5. The van der Waals surface area contributed by atoms with Gasteiger partial charge in [0.1, 0.15) is 0 Å². The standard InChI is InChI=1S/C19H21ClN2O3S/c1-3-26(24,25)22-10-4-5-14-11-15(7-9-18(14)22)19(23)21-16-8-6-13(2)17(20)12-16/h6-9,11-12H,3-5,10H2,1-2H3,(H,21,23). The van der Waals surface area contributed by atoms with Gasteiger partial charge in [-0.15, -0.1) is 0 Å². The summed E-state index contributed by atoms with van der Waals surface area (Å²) in [6.07, 6.45) is 1.49. The van der Waals surface area contributed by atoms with Gasteiger partial charge in [-0.05, 0) is 68.1 Å². The molecule has 1 heterocycles. The molecule has 0 bridgehead atoms. The van der Waals surface area contributed by atoms with Crippen LogP contribution in [0.1, 0.15) is 34.8 Å². The predicted molar refractivity (Wildman–Crippen MR) is 106 cm³/mol. The Morgan fingerprint density at radius 1 is 1.23 bits per heavy atom. The minimum absolute atomic E-state index is 0.0584. The highest BCUT2D eigenvalue weighted by atomic mass is 35.5. The van der Waals surface area contributed by atoms with Crippen LogP contribution in [-0.2, 0) is 16.4 Å². The van der Waals surface area contributed by atoms with Gasteiger partial charge >= 0.3 is 0 Å². The smallest absolute Gasteiger partial charge is 0.255 e. The summed E-state index contributed by atoms with van der Waals surface area (Å²) in [5, 5.41) is 3.42. The molecule has 26 heavy (non-hydrogen) atoms. The van der Waals surface area contributed by atoms with Gasteiger partial charge in [-0.3, -0.25) is 9.10 Å². The summed E-state index contributed by atoms with van der Waals surface area (Å²) in [5.74, 6) is -0.189. The van der Waals surface area contributed by atoms with Gasteiger partial charge < -0.3 is 5.32 Å². The fraction of sp³-hybridized carbons (Fsp3) is 0.316. The lowest BCUT2D eigenvalue weighted by molar-refractivity contribution is 0.102. The largest absolute Gasteiger partial charge is 0.322 e. The number of rotatable bonds is 4. The van der Waals surface area contributed by atoms with Crippen LogP contribution in [0.3, 0.4) is 0 Å². The highest BCUT2D eigenvalue weighted by Gasteiger charge is 2.26. The molecule has 0 fully saturated rings.